The first-order chi connectivity index (χ1) is 9.15. The third-order valence-corrected chi connectivity index (χ3v) is 4.02. The Kier molecular flexibility index (Phi) is 4.82. The summed E-state index contributed by atoms with van der Waals surface area (Å²) in [4.78, 5) is 22.7. The van der Waals surface area contributed by atoms with Crippen LogP contribution in [0.1, 0.15) is 44.9 Å². The van der Waals surface area contributed by atoms with Crippen molar-refractivity contribution in [3.05, 3.63) is 12.2 Å². The number of rotatable bonds is 3. The van der Waals surface area contributed by atoms with E-state index < -0.39 is 5.97 Å². The third-order valence-electron chi connectivity index (χ3n) is 4.02. The fourth-order valence-electron chi connectivity index (χ4n) is 2.82. The molecule has 0 aromatic rings. The van der Waals surface area contributed by atoms with Crippen molar-refractivity contribution in [2.45, 2.75) is 57.0 Å². The number of nitrogens with one attached hydrogen (secondary N) is 2. The molecule has 3 N–H and O–H groups in total. The van der Waals surface area contributed by atoms with E-state index in [1.165, 1.54) is 0 Å². The second-order valence-electron chi connectivity index (χ2n) is 5.49. The van der Waals surface area contributed by atoms with Gasteiger partial charge in [-0.1, -0.05) is 12.2 Å². The lowest BCUT2D eigenvalue weighted by Crippen LogP contribution is -2.47. The van der Waals surface area contributed by atoms with Crippen LogP contribution in [0.4, 0.5) is 4.79 Å². The number of urea groups is 1. The minimum absolute atomic E-state index is 0.112. The maximum Gasteiger partial charge on any atom is 0.315 e. The molecule has 1 fully saturated rings. The van der Waals surface area contributed by atoms with Crippen molar-refractivity contribution in [3.63, 3.8) is 0 Å². The van der Waals surface area contributed by atoms with Crippen LogP contribution < -0.4 is 10.6 Å². The SMILES string of the molecule is O=C(NC1CC=CCC1)NC1CCC(C(=O)O)CC1. The largest absolute Gasteiger partial charge is 0.481 e. The minimum Gasteiger partial charge on any atom is -0.481 e. The number of hydrogen-bond donors (Lipinski definition) is 3. The first-order valence-corrected chi connectivity index (χ1v) is 7.10. The molecule has 1 saturated carbocycles. The molecule has 0 saturated heterocycles. The molecule has 2 aliphatic carbocycles. The quantitative estimate of drug-likeness (QED) is 0.684. The zero-order valence-corrected chi connectivity index (χ0v) is 11.1. The number of carbonyl (C=O) groups excluding carboxylic acids is 1. The molecule has 0 aromatic heterocycles. The van der Waals surface area contributed by atoms with Crippen molar-refractivity contribution in [1.29, 1.82) is 0 Å². The number of hydrogen-bond acceptors (Lipinski definition) is 2. The lowest BCUT2D eigenvalue weighted by molar-refractivity contribution is -0.142. The molecule has 1 unspecified atom stereocenters. The molecular weight excluding hydrogens is 244 g/mol. The predicted octanol–water partition coefficient (Wildman–Crippen LogP) is 2.04. The summed E-state index contributed by atoms with van der Waals surface area (Å²) in [6.45, 7) is 0. The molecule has 2 aliphatic rings. The molecule has 1 atom stereocenters. The second-order valence-corrected chi connectivity index (χ2v) is 5.49. The molecule has 2 amide bonds. The summed E-state index contributed by atoms with van der Waals surface area (Å²) < 4.78 is 0. The van der Waals surface area contributed by atoms with E-state index in [9.17, 15) is 9.59 Å². The van der Waals surface area contributed by atoms with Gasteiger partial charge in [0.1, 0.15) is 0 Å². The van der Waals surface area contributed by atoms with Gasteiger partial charge in [-0.15, -0.1) is 0 Å². The molecule has 19 heavy (non-hydrogen) atoms. The van der Waals surface area contributed by atoms with Gasteiger partial charge in [0.25, 0.3) is 0 Å². The van der Waals surface area contributed by atoms with Crippen LogP contribution in [0.2, 0.25) is 0 Å². The third kappa shape index (κ3) is 4.26. The summed E-state index contributed by atoms with van der Waals surface area (Å²) in [5.74, 6) is -0.943. The van der Waals surface area contributed by atoms with Gasteiger partial charge in [0.05, 0.1) is 5.92 Å². The Morgan fingerprint density at radius 3 is 2.21 bits per heavy atom. The van der Waals surface area contributed by atoms with Crippen molar-refractivity contribution in [2.24, 2.45) is 5.92 Å². The van der Waals surface area contributed by atoms with Crippen LogP contribution in [0.25, 0.3) is 0 Å². The molecule has 0 aliphatic heterocycles. The number of aliphatic carboxylic acids is 1. The second kappa shape index (κ2) is 6.59. The van der Waals surface area contributed by atoms with E-state index >= 15 is 0 Å². The lowest BCUT2D eigenvalue weighted by atomic mass is 9.86. The number of amides is 2. The van der Waals surface area contributed by atoms with Crippen molar-refractivity contribution in [2.75, 3.05) is 0 Å². The Bertz CT molecular complexity index is 360. The highest BCUT2D eigenvalue weighted by atomic mass is 16.4. The van der Waals surface area contributed by atoms with E-state index in [0.29, 0.717) is 12.8 Å². The fraction of sp³-hybridized carbons (Fsp3) is 0.714. The van der Waals surface area contributed by atoms with Gasteiger partial charge in [-0.3, -0.25) is 4.79 Å². The van der Waals surface area contributed by atoms with Crippen LogP contribution in [0.5, 0.6) is 0 Å². The monoisotopic (exact) mass is 266 g/mol. The number of allylic oxidation sites excluding steroid dienone is 1. The van der Waals surface area contributed by atoms with E-state index in [1.807, 2.05) is 0 Å². The van der Waals surface area contributed by atoms with Crippen molar-refractivity contribution < 1.29 is 14.7 Å². The summed E-state index contributed by atoms with van der Waals surface area (Å²) in [6, 6.07) is 0.245. The molecule has 0 aromatic carbocycles. The summed E-state index contributed by atoms with van der Waals surface area (Å²) in [5.41, 5.74) is 0. The molecular formula is C14H22N2O3. The van der Waals surface area contributed by atoms with Gasteiger partial charge < -0.3 is 15.7 Å². The van der Waals surface area contributed by atoms with Crippen LogP contribution in [0, 0.1) is 5.92 Å². The van der Waals surface area contributed by atoms with Gasteiger partial charge in [-0.05, 0) is 44.9 Å². The fourth-order valence-corrected chi connectivity index (χ4v) is 2.82. The van der Waals surface area contributed by atoms with Gasteiger partial charge in [-0.25, -0.2) is 4.79 Å². The number of carbonyl (C=O) groups is 2. The van der Waals surface area contributed by atoms with Gasteiger partial charge >= 0.3 is 12.0 Å². The van der Waals surface area contributed by atoms with Crippen LogP contribution in [0.15, 0.2) is 12.2 Å². The molecule has 5 heteroatoms. The number of carboxylic acids is 1. The first-order valence-electron chi connectivity index (χ1n) is 7.10. The number of carboxylic acid groups (broad SMARTS) is 1. The normalized spacial score (nSPS) is 30.6. The lowest BCUT2D eigenvalue weighted by Gasteiger charge is -2.28. The maximum absolute atomic E-state index is 11.8. The van der Waals surface area contributed by atoms with Crippen LogP contribution in [-0.2, 0) is 4.79 Å². The van der Waals surface area contributed by atoms with Gasteiger partial charge in [0.2, 0.25) is 0 Å². The van der Waals surface area contributed by atoms with E-state index in [0.717, 1.165) is 32.1 Å². The van der Waals surface area contributed by atoms with Crippen molar-refractivity contribution in [1.82, 2.24) is 10.6 Å². The molecule has 0 radical (unpaired) electrons. The topological polar surface area (TPSA) is 78.4 Å². The Balaban J connectivity index is 1.68. The van der Waals surface area contributed by atoms with Gasteiger partial charge in [-0.2, -0.15) is 0 Å². The van der Waals surface area contributed by atoms with Crippen molar-refractivity contribution in [3.8, 4) is 0 Å². The zero-order chi connectivity index (χ0) is 13.7. The zero-order valence-electron chi connectivity index (χ0n) is 11.1. The van der Waals surface area contributed by atoms with Crippen LogP contribution in [0.3, 0.4) is 0 Å². The molecule has 0 bridgehead atoms. The molecule has 5 nitrogen and oxygen atoms in total. The highest BCUT2D eigenvalue weighted by Crippen LogP contribution is 2.24. The highest BCUT2D eigenvalue weighted by molar-refractivity contribution is 5.74. The Morgan fingerprint density at radius 1 is 0.947 bits per heavy atom. The van der Waals surface area contributed by atoms with E-state index in [1.54, 1.807) is 0 Å². The first kappa shape index (κ1) is 13.9. The van der Waals surface area contributed by atoms with E-state index in [4.69, 9.17) is 5.11 Å². The average molecular weight is 266 g/mol. The highest BCUT2D eigenvalue weighted by Gasteiger charge is 2.27. The van der Waals surface area contributed by atoms with Crippen LogP contribution in [-0.4, -0.2) is 29.2 Å². The summed E-state index contributed by atoms with van der Waals surface area (Å²) in [5, 5.41) is 14.9. The summed E-state index contributed by atoms with van der Waals surface area (Å²) in [6.07, 6.45) is 10.0. The van der Waals surface area contributed by atoms with Gasteiger partial charge in [0, 0.05) is 12.1 Å². The predicted molar refractivity (Wildman–Crippen MR) is 71.8 cm³/mol. The Labute approximate surface area is 113 Å². The van der Waals surface area contributed by atoms with Crippen molar-refractivity contribution >= 4 is 12.0 Å². The Hall–Kier alpha value is -1.52. The van der Waals surface area contributed by atoms with E-state index in [-0.39, 0.29) is 24.0 Å². The minimum atomic E-state index is -0.711. The average Bonchev–Trinajstić information content (AvgIpc) is 2.40. The Morgan fingerprint density at radius 2 is 1.63 bits per heavy atom. The molecule has 0 spiro atoms. The summed E-state index contributed by atoms with van der Waals surface area (Å²) in [7, 11) is 0. The molecule has 106 valence electrons. The molecule has 2 rings (SSSR count). The van der Waals surface area contributed by atoms with Crippen LogP contribution >= 0.6 is 0 Å². The van der Waals surface area contributed by atoms with Gasteiger partial charge in [0.15, 0.2) is 0 Å². The summed E-state index contributed by atoms with van der Waals surface area (Å²) >= 11 is 0. The standard InChI is InChI=1S/C14H22N2O3/c17-13(18)10-6-8-12(9-7-10)16-14(19)15-11-4-2-1-3-5-11/h1-2,10-12H,3-9H2,(H,17,18)(H2,15,16,19). The molecule has 0 heterocycles. The smallest absolute Gasteiger partial charge is 0.315 e. The maximum atomic E-state index is 11.8. The van der Waals surface area contributed by atoms with E-state index in [2.05, 4.69) is 22.8 Å².